The number of ether oxygens (including phenoxy) is 1. The summed E-state index contributed by atoms with van der Waals surface area (Å²) in [4.78, 5) is 29.0. The SMILES string of the molecule is CCCC[C@@]1(C(N)=O)CN(C(=O)OC(C)(C)C)CCN1C[C@@H](O)[C@@H](N)Cc1ccccc1. The van der Waals surface area contributed by atoms with Crippen molar-refractivity contribution < 1.29 is 19.4 Å². The fraction of sp³-hybridized carbons (Fsp3) is 0.667. The van der Waals surface area contributed by atoms with Crippen LogP contribution in [0.2, 0.25) is 0 Å². The Hall–Kier alpha value is -2.16. The van der Waals surface area contributed by atoms with Gasteiger partial charge in [0.05, 0.1) is 12.6 Å². The summed E-state index contributed by atoms with van der Waals surface area (Å²) < 4.78 is 5.52. The molecule has 0 saturated carbocycles. The number of unbranched alkanes of at least 4 members (excludes halogenated alkanes) is 1. The van der Waals surface area contributed by atoms with Crippen molar-refractivity contribution in [1.29, 1.82) is 0 Å². The van der Waals surface area contributed by atoms with Gasteiger partial charge in [-0.1, -0.05) is 50.1 Å². The first-order chi connectivity index (χ1) is 15.0. The Kier molecular flexibility index (Phi) is 9.07. The number of primary amides is 1. The Morgan fingerprint density at radius 2 is 1.88 bits per heavy atom. The van der Waals surface area contributed by atoms with Crippen molar-refractivity contribution in [2.75, 3.05) is 26.2 Å². The number of aliphatic hydroxyl groups excluding tert-OH is 1. The van der Waals surface area contributed by atoms with Crippen LogP contribution < -0.4 is 11.5 Å². The summed E-state index contributed by atoms with van der Waals surface area (Å²) in [5.41, 5.74) is 11.6. The van der Waals surface area contributed by atoms with Gasteiger partial charge in [0.2, 0.25) is 5.91 Å². The van der Waals surface area contributed by atoms with Crippen molar-refractivity contribution in [3.8, 4) is 0 Å². The predicted octanol–water partition coefficient (Wildman–Crippen LogP) is 1.88. The standard InChI is InChI=1S/C24H40N4O4/c1-5-6-12-24(21(26)30)17-27(22(31)32-23(2,3)4)13-14-28(24)16-20(29)19(25)15-18-10-8-7-9-11-18/h7-11,19-20,29H,5-6,12-17,25H2,1-4H3,(H2,26,30)/t19-,20+,24-/m0/s1. The summed E-state index contributed by atoms with van der Waals surface area (Å²) in [6.45, 7) is 8.61. The Bertz CT molecular complexity index is 752. The fourth-order valence-electron chi connectivity index (χ4n) is 4.15. The van der Waals surface area contributed by atoms with Crippen LogP contribution in [0.1, 0.15) is 52.5 Å². The maximum atomic E-state index is 12.8. The smallest absolute Gasteiger partial charge is 0.410 e. The molecule has 0 unspecified atom stereocenters. The Morgan fingerprint density at radius 3 is 2.44 bits per heavy atom. The minimum atomic E-state index is -1.07. The number of β-amino-alcohol motifs (C(OH)–C–C–N with tert-alkyl or cyclic N) is 1. The summed E-state index contributed by atoms with van der Waals surface area (Å²) in [5.74, 6) is -0.497. The van der Waals surface area contributed by atoms with Crippen molar-refractivity contribution in [3.05, 3.63) is 35.9 Å². The molecule has 1 saturated heterocycles. The first-order valence-electron chi connectivity index (χ1n) is 11.5. The number of amides is 2. The molecule has 32 heavy (non-hydrogen) atoms. The van der Waals surface area contributed by atoms with Crippen LogP contribution in [0, 0.1) is 0 Å². The number of hydrogen-bond donors (Lipinski definition) is 3. The number of nitrogens with two attached hydrogens (primary N) is 2. The van der Waals surface area contributed by atoms with E-state index in [-0.39, 0.29) is 13.1 Å². The number of carbonyl (C=O) groups excluding carboxylic acids is 2. The zero-order chi connectivity index (χ0) is 23.9. The molecule has 1 heterocycles. The third-order valence-electron chi connectivity index (χ3n) is 5.97. The van der Waals surface area contributed by atoms with E-state index in [1.54, 1.807) is 4.90 Å². The molecular formula is C24H40N4O4. The summed E-state index contributed by atoms with van der Waals surface area (Å²) in [6.07, 6.45) is 1.38. The highest BCUT2D eigenvalue weighted by Crippen LogP contribution is 2.29. The average Bonchev–Trinajstić information content (AvgIpc) is 2.72. The molecule has 5 N–H and O–H groups in total. The number of hydrogen-bond acceptors (Lipinski definition) is 6. The third kappa shape index (κ3) is 6.92. The molecule has 1 aromatic rings. The minimum absolute atomic E-state index is 0.137. The normalized spacial score (nSPS) is 21.8. The van der Waals surface area contributed by atoms with E-state index in [0.717, 1.165) is 18.4 Å². The van der Waals surface area contributed by atoms with Crippen LogP contribution >= 0.6 is 0 Å². The molecule has 1 aromatic carbocycles. The summed E-state index contributed by atoms with van der Waals surface area (Å²) in [7, 11) is 0. The zero-order valence-corrected chi connectivity index (χ0v) is 19.9. The molecule has 180 valence electrons. The Labute approximate surface area is 191 Å². The van der Waals surface area contributed by atoms with Crippen LogP contribution in [0.15, 0.2) is 30.3 Å². The molecule has 0 spiro atoms. The van der Waals surface area contributed by atoms with Crippen molar-refractivity contribution in [1.82, 2.24) is 9.80 Å². The van der Waals surface area contributed by atoms with Crippen molar-refractivity contribution in [2.24, 2.45) is 11.5 Å². The third-order valence-corrected chi connectivity index (χ3v) is 5.97. The monoisotopic (exact) mass is 448 g/mol. The second kappa shape index (κ2) is 11.1. The van der Waals surface area contributed by atoms with Gasteiger partial charge in [-0.15, -0.1) is 0 Å². The Balaban J connectivity index is 2.18. The van der Waals surface area contributed by atoms with E-state index in [1.807, 2.05) is 62.9 Å². The summed E-state index contributed by atoms with van der Waals surface area (Å²) in [5, 5.41) is 10.9. The van der Waals surface area contributed by atoms with Crippen LogP contribution in [0.4, 0.5) is 4.79 Å². The summed E-state index contributed by atoms with van der Waals surface area (Å²) >= 11 is 0. The second-order valence-corrected chi connectivity index (χ2v) is 9.77. The van der Waals surface area contributed by atoms with Gasteiger partial charge in [-0.05, 0) is 39.2 Å². The van der Waals surface area contributed by atoms with Crippen LogP contribution in [0.5, 0.6) is 0 Å². The van der Waals surface area contributed by atoms with Crippen LogP contribution in [0.25, 0.3) is 0 Å². The van der Waals surface area contributed by atoms with E-state index in [9.17, 15) is 14.7 Å². The van der Waals surface area contributed by atoms with E-state index in [0.29, 0.717) is 25.9 Å². The zero-order valence-electron chi connectivity index (χ0n) is 19.9. The van der Waals surface area contributed by atoms with Gasteiger partial charge < -0.3 is 26.2 Å². The molecule has 0 aliphatic carbocycles. The molecule has 0 bridgehead atoms. The van der Waals surface area contributed by atoms with Gasteiger partial charge in [-0.25, -0.2) is 4.79 Å². The van der Waals surface area contributed by atoms with E-state index >= 15 is 0 Å². The highest BCUT2D eigenvalue weighted by Gasteiger charge is 2.48. The lowest BCUT2D eigenvalue weighted by Gasteiger charge is -2.49. The van der Waals surface area contributed by atoms with Gasteiger partial charge in [0.25, 0.3) is 0 Å². The largest absolute Gasteiger partial charge is 0.444 e. The minimum Gasteiger partial charge on any atom is -0.444 e. The molecule has 0 aromatic heterocycles. The molecule has 3 atom stereocenters. The molecular weight excluding hydrogens is 408 g/mol. The quantitative estimate of drug-likeness (QED) is 0.530. The lowest BCUT2D eigenvalue weighted by atomic mass is 9.86. The Morgan fingerprint density at radius 1 is 1.22 bits per heavy atom. The molecule has 0 radical (unpaired) electrons. The van der Waals surface area contributed by atoms with Gasteiger partial charge >= 0.3 is 6.09 Å². The highest BCUT2D eigenvalue weighted by atomic mass is 16.6. The number of rotatable bonds is 9. The van der Waals surface area contributed by atoms with E-state index < -0.39 is 35.3 Å². The van der Waals surface area contributed by atoms with Gasteiger partial charge in [0.15, 0.2) is 0 Å². The predicted molar refractivity (Wildman–Crippen MR) is 125 cm³/mol. The maximum Gasteiger partial charge on any atom is 0.410 e. The van der Waals surface area contributed by atoms with Crippen molar-refractivity contribution in [3.63, 3.8) is 0 Å². The maximum absolute atomic E-state index is 12.8. The molecule has 8 nitrogen and oxygen atoms in total. The lowest BCUT2D eigenvalue weighted by molar-refractivity contribution is -0.137. The van der Waals surface area contributed by atoms with Crippen LogP contribution in [0.3, 0.4) is 0 Å². The molecule has 8 heteroatoms. The number of piperazine rings is 1. The van der Waals surface area contributed by atoms with Crippen LogP contribution in [-0.4, -0.2) is 76.4 Å². The van der Waals surface area contributed by atoms with Crippen molar-refractivity contribution >= 4 is 12.0 Å². The molecule has 2 rings (SSSR count). The first-order valence-corrected chi connectivity index (χ1v) is 11.5. The van der Waals surface area contributed by atoms with E-state index in [4.69, 9.17) is 16.2 Å². The number of carbonyl (C=O) groups is 2. The van der Waals surface area contributed by atoms with Gasteiger partial charge in [0.1, 0.15) is 11.1 Å². The highest BCUT2D eigenvalue weighted by molar-refractivity contribution is 5.86. The van der Waals surface area contributed by atoms with Crippen LogP contribution in [-0.2, 0) is 16.0 Å². The summed E-state index contributed by atoms with van der Waals surface area (Å²) in [6, 6.07) is 9.27. The molecule has 2 amide bonds. The van der Waals surface area contributed by atoms with Crippen molar-refractivity contribution in [2.45, 2.75) is 76.7 Å². The van der Waals surface area contributed by atoms with Gasteiger partial charge in [0, 0.05) is 25.7 Å². The number of nitrogens with zero attached hydrogens (tertiary/aromatic N) is 2. The number of benzene rings is 1. The molecule has 1 fully saturated rings. The molecule has 1 aliphatic rings. The molecule has 1 aliphatic heterocycles. The van der Waals surface area contributed by atoms with Gasteiger partial charge in [-0.3, -0.25) is 9.69 Å². The second-order valence-electron chi connectivity index (χ2n) is 9.77. The lowest BCUT2D eigenvalue weighted by Crippen LogP contribution is -2.70. The fourth-order valence-corrected chi connectivity index (χ4v) is 4.15. The van der Waals surface area contributed by atoms with E-state index in [1.165, 1.54) is 0 Å². The topological polar surface area (TPSA) is 122 Å². The average molecular weight is 449 g/mol. The van der Waals surface area contributed by atoms with E-state index in [2.05, 4.69) is 0 Å². The number of aliphatic hydroxyl groups is 1. The first kappa shape index (κ1) is 26.1. The van der Waals surface area contributed by atoms with Gasteiger partial charge in [-0.2, -0.15) is 0 Å².